The first-order valence-corrected chi connectivity index (χ1v) is 7.22. The van der Waals surface area contributed by atoms with Gasteiger partial charge in [-0.1, -0.05) is 15.9 Å². The van der Waals surface area contributed by atoms with Gasteiger partial charge in [0.15, 0.2) is 0 Å². The fraction of sp³-hybridized carbons (Fsp3) is 0.0667. The summed E-state index contributed by atoms with van der Waals surface area (Å²) in [6, 6.07) is 10.8. The molecule has 2 aromatic carbocycles. The number of nitro groups is 1. The number of carbonyl (C=O) groups excluding carboxylic acids is 1. The Hall–Kier alpha value is -2.74. The monoisotopic (exact) mass is 377 g/mol. The van der Waals surface area contributed by atoms with E-state index in [0.29, 0.717) is 16.9 Å². The maximum atomic E-state index is 12.1. The second-order valence-corrected chi connectivity index (χ2v) is 5.31. The molecule has 0 atom stereocenters. The van der Waals surface area contributed by atoms with Crippen LogP contribution in [0.25, 0.3) is 0 Å². The molecule has 118 valence electrons. The molecule has 0 saturated heterocycles. The number of hydrazone groups is 1. The quantitative estimate of drug-likeness (QED) is 0.491. The Labute approximate surface area is 140 Å². The maximum Gasteiger partial charge on any atom is 0.275 e. The van der Waals surface area contributed by atoms with Gasteiger partial charge in [-0.15, -0.1) is 0 Å². The Balaban J connectivity index is 2.06. The Bertz CT molecular complexity index is 760. The highest BCUT2D eigenvalue weighted by atomic mass is 79.9. The van der Waals surface area contributed by atoms with Gasteiger partial charge in [-0.25, -0.2) is 5.43 Å². The van der Waals surface area contributed by atoms with E-state index in [1.807, 2.05) is 0 Å². The van der Waals surface area contributed by atoms with Gasteiger partial charge in [0.25, 0.3) is 11.6 Å². The lowest BCUT2D eigenvalue weighted by Gasteiger charge is -2.07. The highest BCUT2D eigenvalue weighted by Crippen LogP contribution is 2.22. The van der Waals surface area contributed by atoms with Gasteiger partial charge in [-0.05, 0) is 35.9 Å². The van der Waals surface area contributed by atoms with E-state index >= 15 is 0 Å². The minimum atomic E-state index is -0.484. The molecule has 0 spiro atoms. The summed E-state index contributed by atoms with van der Waals surface area (Å²) in [5.74, 6) is -0.00227. The molecule has 0 aromatic heterocycles. The molecule has 2 rings (SSSR count). The SMILES string of the molecule is COc1ccc(Br)cc1C(=O)NN=Cc1ccc([N+](=O)[O-])cc1. The summed E-state index contributed by atoms with van der Waals surface area (Å²) >= 11 is 3.29. The highest BCUT2D eigenvalue weighted by Gasteiger charge is 2.12. The normalized spacial score (nSPS) is 10.5. The molecule has 0 saturated carbocycles. The predicted molar refractivity (Wildman–Crippen MR) is 88.9 cm³/mol. The lowest BCUT2D eigenvalue weighted by Crippen LogP contribution is -2.18. The molecule has 7 nitrogen and oxygen atoms in total. The van der Waals surface area contributed by atoms with Crippen molar-refractivity contribution in [2.45, 2.75) is 0 Å². The minimum Gasteiger partial charge on any atom is -0.496 e. The molecule has 2 aromatic rings. The van der Waals surface area contributed by atoms with E-state index in [2.05, 4.69) is 26.5 Å². The van der Waals surface area contributed by atoms with Gasteiger partial charge in [-0.3, -0.25) is 14.9 Å². The summed E-state index contributed by atoms with van der Waals surface area (Å²) < 4.78 is 5.86. The number of carbonyl (C=O) groups is 1. The third kappa shape index (κ3) is 4.36. The largest absolute Gasteiger partial charge is 0.496 e. The van der Waals surface area contributed by atoms with Crippen molar-refractivity contribution < 1.29 is 14.5 Å². The van der Waals surface area contributed by atoms with E-state index in [0.717, 1.165) is 4.47 Å². The summed E-state index contributed by atoms with van der Waals surface area (Å²) in [7, 11) is 1.47. The van der Waals surface area contributed by atoms with Gasteiger partial charge in [-0.2, -0.15) is 5.10 Å². The molecule has 0 bridgehead atoms. The van der Waals surface area contributed by atoms with Crippen molar-refractivity contribution in [3.63, 3.8) is 0 Å². The van der Waals surface area contributed by atoms with E-state index < -0.39 is 10.8 Å². The fourth-order valence-electron chi connectivity index (χ4n) is 1.77. The first-order chi connectivity index (χ1) is 11.0. The van der Waals surface area contributed by atoms with Crippen LogP contribution in [0.15, 0.2) is 52.0 Å². The van der Waals surface area contributed by atoms with Gasteiger partial charge < -0.3 is 4.74 Å². The van der Waals surface area contributed by atoms with Crippen LogP contribution >= 0.6 is 15.9 Å². The lowest BCUT2D eigenvalue weighted by atomic mass is 10.2. The van der Waals surface area contributed by atoms with Crippen LogP contribution in [0.1, 0.15) is 15.9 Å². The minimum absolute atomic E-state index is 0.00921. The molecule has 0 heterocycles. The molecule has 0 aliphatic carbocycles. The Morgan fingerprint density at radius 1 is 1.30 bits per heavy atom. The first-order valence-electron chi connectivity index (χ1n) is 6.42. The van der Waals surface area contributed by atoms with Crippen LogP contribution in [0.4, 0.5) is 5.69 Å². The van der Waals surface area contributed by atoms with Crippen LogP contribution in [-0.2, 0) is 0 Å². The Morgan fingerprint density at radius 3 is 2.61 bits per heavy atom. The summed E-state index contributed by atoms with van der Waals surface area (Å²) in [5, 5.41) is 14.4. The number of nitro benzene ring substituents is 1. The van der Waals surface area contributed by atoms with Crippen molar-refractivity contribution in [3.8, 4) is 5.75 Å². The van der Waals surface area contributed by atoms with Crippen molar-refractivity contribution in [1.82, 2.24) is 5.43 Å². The van der Waals surface area contributed by atoms with Crippen LogP contribution in [0.3, 0.4) is 0 Å². The zero-order valence-corrected chi connectivity index (χ0v) is 13.6. The number of benzene rings is 2. The Morgan fingerprint density at radius 2 is 2.00 bits per heavy atom. The average Bonchev–Trinajstić information content (AvgIpc) is 2.55. The van der Waals surface area contributed by atoms with Crippen molar-refractivity contribution in [3.05, 3.63) is 68.2 Å². The van der Waals surface area contributed by atoms with Gasteiger partial charge >= 0.3 is 0 Å². The predicted octanol–water partition coefficient (Wildman–Crippen LogP) is 3.13. The van der Waals surface area contributed by atoms with Crippen LogP contribution in [-0.4, -0.2) is 24.2 Å². The van der Waals surface area contributed by atoms with E-state index in [4.69, 9.17) is 4.74 Å². The number of non-ortho nitro benzene ring substituents is 1. The summed E-state index contributed by atoms with van der Waals surface area (Å²) in [4.78, 5) is 22.2. The van der Waals surface area contributed by atoms with Crippen LogP contribution in [0, 0.1) is 10.1 Å². The van der Waals surface area contributed by atoms with Gasteiger partial charge in [0, 0.05) is 16.6 Å². The van der Waals surface area contributed by atoms with Crippen LogP contribution < -0.4 is 10.2 Å². The molecule has 1 amide bonds. The molecule has 0 aliphatic heterocycles. The molecular weight excluding hydrogens is 366 g/mol. The molecule has 0 fully saturated rings. The van der Waals surface area contributed by atoms with Gasteiger partial charge in [0.2, 0.25) is 0 Å². The molecule has 23 heavy (non-hydrogen) atoms. The second kappa shape index (κ2) is 7.50. The standard InChI is InChI=1S/C15H12BrN3O4/c1-23-14-7-4-11(16)8-13(14)15(20)18-17-9-10-2-5-12(6-3-10)19(21)22/h2-9H,1H3,(H,18,20). The molecule has 0 unspecified atom stereocenters. The smallest absolute Gasteiger partial charge is 0.275 e. The van der Waals surface area contributed by atoms with E-state index in [1.54, 1.807) is 18.2 Å². The summed E-state index contributed by atoms with van der Waals surface area (Å²) in [5.41, 5.74) is 3.33. The lowest BCUT2D eigenvalue weighted by molar-refractivity contribution is -0.384. The molecular formula is C15H12BrN3O4. The third-order valence-corrected chi connectivity index (χ3v) is 3.38. The summed E-state index contributed by atoms with van der Waals surface area (Å²) in [6.45, 7) is 0. The van der Waals surface area contributed by atoms with Crippen molar-refractivity contribution in [1.29, 1.82) is 0 Å². The molecule has 0 radical (unpaired) electrons. The third-order valence-electron chi connectivity index (χ3n) is 2.89. The van der Waals surface area contributed by atoms with Gasteiger partial charge in [0.05, 0.1) is 23.8 Å². The number of amides is 1. The fourth-order valence-corrected chi connectivity index (χ4v) is 2.13. The molecule has 1 N–H and O–H groups in total. The molecule has 0 aliphatic rings. The van der Waals surface area contributed by atoms with Crippen molar-refractivity contribution in [2.75, 3.05) is 7.11 Å². The van der Waals surface area contributed by atoms with Gasteiger partial charge in [0.1, 0.15) is 5.75 Å². The summed E-state index contributed by atoms with van der Waals surface area (Å²) in [6.07, 6.45) is 1.39. The zero-order chi connectivity index (χ0) is 16.8. The van der Waals surface area contributed by atoms with E-state index in [1.165, 1.54) is 37.6 Å². The molecule has 8 heteroatoms. The van der Waals surface area contributed by atoms with Crippen LogP contribution in [0.5, 0.6) is 5.75 Å². The number of methoxy groups -OCH3 is 1. The topological polar surface area (TPSA) is 93.8 Å². The number of hydrogen-bond acceptors (Lipinski definition) is 5. The first kappa shape index (κ1) is 16.6. The zero-order valence-electron chi connectivity index (χ0n) is 12.0. The van der Waals surface area contributed by atoms with Crippen LogP contribution in [0.2, 0.25) is 0 Å². The van der Waals surface area contributed by atoms with Crippen molar-refractivity contribution >= 4 is 33.7 Å². The number of halogens is 1. The van der Waals surface area contributed by atoms with E-state index in [-0.39, 0.29) is 5.69 Å². The van der Waals surface area contributed by atoms with Crippen molar-refractivity contribution in [2.24, 2.45) is 5.10 Å². The number of ether oxygens (including phenoxy) is 1. The highest BCUT2D eigenvalue weighted by molar-refractivity contribution is 9.10. The number of nitrogens with zero attached hydrogens (tertiary/aromatic N) is 2. The number of hydrogen-bond donors (Lipinski definition) is 1. The average molecular weight is 378 g/mol. The Kier molecular flexibility index (Phi) is 5.42. The number of nitrogens with one attached hydrogen (secondary N) is 1. The maximum absolute atomic E-state index is 12.1. The number of rotatable bonds is 5. The van der Waals surface area contributed by atoms with E-state index in [9.17, 15) is 14.9 Å². The second-order valence-electron chi connectivity index (χ2n) is 4.39.